The molecule has 0 spiro atoms. The van der Waals surface area contributed by atoms with Gasteiger partial charge in [-0.1, -0.05) is 25.1 Å². The van der Waals surface area contributed by atoms with E-state index in [1.54, 1.807) is 30.3 Å². The van der Waals surface area contributed by atoms with Crippen LogP contribution in [0.2, 0.25) is 0 Å². The molecule has 0 aromatic heterocycles. The number of amides is 2. The Balaban J connectivity index is 2.09. The van der Waals surface area contributed by atoms with E-state index in [2.05, 4.69) is 10.6 Å². The summed E-state index contributed by atoms with van der Waals surface area (Å²) in [4.78, 5) is 24.6. The van der Waals surface area contributed by atoms with E-state index in [1.165, 1.54) is 31.4 Å². The van der Waals surface area contributed by atoms with Crippen molar-refractivity contribution < 1.29 is 18.7 Å². The highest BCUT2D eigenvalue weighted by Gasteiger charge is 2.13. The van der Waals surface area contributed by atoms with Crippen LogP contribution in [0.4, 0.5) is 10.1 Å². The van der Waals surface area contributed by atoms with Gasteiger partial charge in [0.2, 0.25) is 5.91 Å². The molecule has 1 unspecified atom stereocenters. The van der Waals surface area contributed by atoms with Crippen molar-refractivity contribution in [2.75, 3.05) is 12.4 Å². The monoisotopic (exact) mass is 370 g/mol. The number of carbonyl (C=O) groups excluding carboxylic acids is 2. The van der Waals surface area contributed by atoms with Crippen molar-refractivity contribution in [1.29, 1.82) is 0 Å². The van der Waals surface area contributed by atoms with Crippen molar-refractivity contribution in [3.05, 3.63) is 65.5 Å². The molecule has 2 aromatic rings. The summed E-state index contributed by atoms with van der Waals surface area (Å²) in [5.74, 6) is -1.04. The molecule has 27 heavy (non-hydrogen) atoms. The molecule has 142 valence electrons. The topological polar surface area (TPSA) is 67.4 Å². The van der Waals surface area contributed by atoms with Crippen molar-refractivity contribution in [3.8, 4) is 5.75 Å². The van der Waals surface area contributed by atoms with Gasteiger partial charge in [0.15, 0.2) is 11.6 Å². The van der Waals surface area contributed by atoms with Gasteiger partial charge in [-0.05, 0) is 49.2 Å². The van der Waals surface area contributed by atoms with Crippen LogP contribution in [0.25, 0.3) is 6.08 Å². The normalized spacial score (nSPS) is 11.9. The van der Waals surface area contributed by atoms with E-state index in [1.807, 2.05) is 13.8 Å². The number of benzene rings is 2. The van der Waals surface area contributed by atoms with Gasteiger partial charge < -0.3 is 15.4 Å². The SMILES string of the molecule is CCC(C)NC(=O)c1ccccc1NC(=O)/C=C/c1ccc(OC)c(F)c1. The first-order chi connectivity index (χ1) is 12.9. The van der Waals surface area contributed by atoms with Crippen LogP contribution >= 0.6 is 0 Å². The number of carbonyl (C=O) groups is 2. The van der Waals surface area contributed by atoms with Crippen LogP contribution in [-0.2, 0) is 4.79 Å². The first-order valence-electron chi connectivity index (χ1n) is 8.67. The summed E-state index contributed by atoms with van der Waals surface area (Å²) in [5.41, 5.74) is 1.31. The standard InChI is InChI=1S/C21H23FN2O3/c1-4-14(2)23-21(26)16-7-5-6-8-18(16)24-20(25)12-10-15-9-11-19(27-3)17(22)13-15/h5-14H,4H2,1-3H3,(H,23,26)(H,24,25)/b12-10+. The molecule has 6 heteroatoms. The molecule has 2 N–H and O–H groups in total. The number of rotatable bonds is 7. The van der Waals surface area contributed by atoms with Crippen molar-refractivity contribution in [2.24, 2.45) is 0 Å². The molecule has 0 aliphatic carbocycles. The number of hydrogen-bond donors (Lipinski definition) is 2. The molecule has 5 nitrogen and oxygen atoms in total. The molecule has 0 saturated carbocycles. The van der Waals surface area contributed by atoms with Crippen LogP contribution in [0.1, 0.15) is 36.2 Å². The maximum absolute atomic E-state index is 13.7. The van der Waals surface area contributed by atoms with Crippen LogP contribution in [0.15, 0.2) is 48.5 Å². The van der Waals surface area contributed by atoms with E-state index in [-0.39, 0.29) is 17.7 Å². The number of methoxy groups -OCH3 is 1. The van der Waals surface area contributed by atoms with Gasteiger partial charge in [0.25, 0.3) is 5.91 Å². The predicted molar refractivity (Wildman–Crippen MR) is 104 cm³/mol. The number of para-hydroxylation sites is 1. The van der Waals surface area contributed by atoms with Crippen LogP contribution in [-0.4, -0.2) is 25.0 Å². The first-order valence-corrected chi connectivity index (χ1v) is 8.67. The second kappa shape index (κ2) is 9.52. The fourth-order valence-corrected chi connectivity index (χ4v) is 2.33. The van der Waals surface area contributed by atoms with Crippen molar-refractivity contribution in [2.45, 2.75) is 26.3 Å². The summed E-state index contributed by atoms with van der Waals surface area (Å²) in [7, 11) is 1.39. The lowest BCUT2D eigenvalue weighted by atomic mass is 10.1. The minimum atomic E-state index is -0.507. The summed E-state index contributed by atoms with van der Waals surface area (Å²) in [6.07, 6.45) is 3.58. The van der Waals surface area contributed by atoms with Gasteiger partial charge in [-0.2, -0.15) is 0 Å². The number of hydrogen-bond acceptors (Lipinski definition) is 3. The molecular formula is C21H23FN2O3. The highest BCUT2D eigenvalue weighted by Crippen LogP contribution is 2.19. The van der Waals surface area contributed by atoms with Crippen molar-refractivity contribution >= 4 is 23.6 Å². The predicted octanol–water partition coefficient (Wildman–Crippen LogP) is 4.01. The van der Waals surface area contributed by atoms with E-state index in [0.29, 0.717) is 16.8 Å². The van der Waals surface area contributed by atoms with E-state index >= 15 is 0 Å². The zero-order chi connectivity index (χ0) is 19.8. The maximum atomic E-state index is 13.7. The fraction of sp³-hybridized carbons (Fsp3) is 0.238. The van der Waals surface area contributed by atoms with E-state index in [9.17, 15) is 14.0 Å². The average Bonchev–Trinajstić information content (AvgIpc) is 2.66. The molecule has 0 radical (unpaired) electrons. The molecule has 2 aromatic carbocycles. The second-order valence-corrected chi connectivity index (χ2v) is 6.04. The number of ether oxygens (including phenoxy) is 1. The first kappa shape index (κ1) is 20.2. The second-order valence-electron chi connectivity index (χ2n) is 6.04. The number of nitrogens with one attached hydrogen (secondary N) is 2. The third kappa shape index (κ3) is 5.67. The Hall–Kier alpha value is -3.15. The Bertz CT molecular complexity index is 849. The fourth-order valence-electron chi connectivity index (χ4n) is 2.33. The summed E-state index contributed by atoms with van der Waals surface area (Å²) in [6.45, 7) is 3.89. The molecule has 0 bridgehead atoms. The van der Waals surface area contributed by atoms with E-state index < -0.39 is 11.7 Å². The van der Waals surface area contributed by atoms with Crippen LogP contribution < -0.4 is 15.4 Å². The quantitative estimate of drug-likeness (QED) is 0.724. The zero-order valence-electron chi connectivity index (χ0n) is 15.6. The Morgan fingerprint density at radius 1 is 1.22 bits per heavy atom. The van der Waals surface area contributed by atoms with Crippen LogP contribution in [0.3, 0.4) is 0 Å². The number of anilines is 1. The summed E-state index contributed by atoms with van der Waals surface area (Å²) in [5, 5.41) is 5.56. The van der Waals surface area contributed by atoms with Crippen molar-refractivity contribution in [1.82, 2.24) is 5.32 Å². The molecular weight excluding hydrogens is 347 g/mol. The van der Waals surface area contributed by atoms with Gasteiger partial charge in [0.05, 0.1) is 18.4 Å². The van der Waals surface area contributed by atoms with E-state index in [4.69, 9.17) is 4.74 Å². The highest BCUT2D eigenvalue weighted by atomic mass is 19.1. The van der Waals surface area contributed by atoms with Gasteiger partial charge in [0.1, 0.15) is 0 Å². The molecule has 2 rings (SSSR count). The summed E-state index contributed by atoms with van der Waals surface area (Å²) < 4.78 is 18.6. The third-order valence-electron chi connectivity index (χ3n) is 4.02. The van der Waals surface area contributed by atoms with Gasteiger partial charge in [0, 0.05) is 12.1 Å². The zero-order valence-corrected chi connectivity index (χ0v) is 15.6. The third-order valence-corrected chi connectivity index (χ3v) is 4.02. The Kier molecular flexibility index (Phi) is 7.11. The van der Waals surface area contributed by atoms with Gasteiger partial charge in [-0.15, -0.1) is 0 Å². The Morgan fingerprint density at radius 2 is 1.96 bits per heavy atom. The minimum absolute atomic E-state index is 0.0334. The van der Waals surface area contributed by atoms with Gasteiger partial charge in [-0.3, -0.25) is 9.59 Å². The molecule has 0 heterocycles. The van der Waals surface area contributed by atoms with Crippen LogP contribution in [0, 0.1) is 5.82 Å². The Morgan fingerprint density at radius 3 is 2.63 bits per heavy atom. The van der Waals surface area contributed by atoms with Crippen molar-refractivity contribution in [3.63, 3.8) is 0 Å². The molecule has 0 fully saturated rings. The maximum Gasteiger partial charge on any atom is 0.253 e. The average molecular weight is 370 g/mol. The summed E-state index contributed by atoms with van der Waals surface area (Å²) in [6, 6.07) is 11.2. The molecule has 1 atom stereocenters. The molecule has 0 aliphatic heterocycles. The highest BCUT2D eigenvalue weighted by molar-refractivity contribution is 6.07. The summed E-state index contributed by atoms with van der Waals surface area (Å²) >= 11 is 0. The lowest BCUT2D eigenvalue weighted by Gasteiger charge is -2.14. The van der Waals surface area contributed by atoms with Gasteiger partial charge >= 0.3 is 0 Å². The van der Waals surface area contributed by atoms with E-state index in [0.717, 1.165) is 6.42 Å². The largest absolute Gasteiger partial charge is 0.494 e. The molecule has 0 aliphatic rings. The minimum Gasteiger partial charge on any atom is -0.494 e. The van der Waals surface area contributed by atoms with Gasteiger partial charge in [-0.25, -0.2) is 4.39 Å². The lowest BCUT2D eigenvalue weighted by molar-refractivity contribution is -0.111. The Labute approximate surface area is 158 Å². The smallest absolute Gasteiger partial charge is 0.253 e. The molecule has 0 saturated heterocycles. The lowest BCUT2D eigenvalue weighted by Crippen LogP contribution is -2.32. The molecule has 2 amide bonds. The van der Waals surface area contributed by atoms with Crippen LogP contribution in [0.5, 0.6) is 5.75 Å². The number of halogens is 1.